The van der Waals surface area contributed by atoms with Crippen LogP contribution in [-0.2, 0) is 27.2 Å². The second-order valence-electron chi connectivity index (χ2n) is 9.91. The lowest BCUT2D eigenvalue weighted by Crippen LogP contribution is -2.28. The number of fused-ring (bicyclic) bond motifs is 1. The first-order valence-electron chi connectivity index (χ1n) is 13.1. The van der Waals surface area contributed by atoms with Crippen LogP contribution in [0.2, 0.25) is 0 Å². The molecule has 1 fully saturated rings. The second-order valence-corrected chi connectivity index (χ2v) is 9.91. The Morgan fingerprint density at radius 3 is 2.24 bits per heavy atom. The molecule has 0 saturated heterocycles. The van der Waals surface area contributed by atoms with E-state index >= 15 is 4.39 Å². The summed E-state index contributed by atoms with van der Waals surface area (Å²) in [5.41, 5.74) is 0.530. The largest absolute Gasteiger partial charge is 0.493 e. The molecule has 1 aliphatic rings. The van der Waals surface area contributed by atoms with E-state index in [0.29, 0.717) is 52.1 Å². The van der Waals surface area contributed by atoms with Crippen LogP contribution in [0, 0.1) is 17.0 Å². The summed E-state index contributed by atoms with van der Waals surface area (Å²) in [5, 5.41) is 0.557. The van der Waals surface area contributed by atoms with E-state index in [4.69, 9.17) is 14.2 Å². The highest BCUT2D eigenvalue weighted by Crippen LogP contribution is 2.49. The van der Waals surface area contributed by atoms with Gasteiger partial charge in [-0.1, -0.05) is 18.2 Å². The van der Waals surface area contributed by atoms with Crippen molar-refractivity contribution in [2.45, 2.75) is 32.1 Å². The number of nitrogens with zero attached hydrogens (tertiary/aromatic N) is 1. The zero-order valence-electron chi connectivity index (χ0n) is 22.3. The molecule has 0 amide bonds. The average Bonchev–Trinajstić information content (AvgIpc) is 3.78. The molecule has 0 atom stereocenters. The Morgan fingerprint density at radius 2 is 1.59 bits per heavy atom. The average molecular weight is 560 g/mol. The van der Waals surface area contributed by atoms with Gasteiger partial charge in [0, 0.05) is 36.9 Å². The molecule has 9 heteroatoms. The van der Waals surface area contributed by atoms with Crippen molar-refractivity contribution in [3.05, 3.63) is 89.6 Å². The van der Waals surface area contributed by atoms with Crippen LogP contribution in [0.1, 0.15) is 30.4 Å². The first-order chi connectivity index (χ1) is 19.8. The Hall–Kier alpha value is -4.66. The SMILES string of the molecule is COc1cc2c(Oc3ccc(CC(=O)C4(C(=O)Cc5ccc(F)cc5)CC4)cc3F)ccnc2cc1OCCC=O. The molecular formula is C32H27F2NO6. The molecule has 1 saturated carbocycles. The van der Waals surface area contributed by atoms with Gasteiger partial charge in [0.2, 0.25) is 0 Å². The number of rotatable bonds is 13. The lowest BCUT2D eigenvalue weighted by molar-refractivity contribution is -0.133. The molecular weight excluding hydrogens is 532 g/mol. The zero-order valence-corrected chi connectivity index (χ0v) is 22.3. The van der Waals surface area contributed by atoms with E-state index in [0.717, 1.165) is 6.29 Å². The van der Waals surface area contributed by atoms with E-state index in [1.54, 1.807) is 24.3 Å². The van der Waals surface area contributed by atoms with E-state index in [1.165, 1.54) is 49.7 Å². The predicted octanol–water partition coefficient (Wildman–Crippen LogP) is 5.99. The molecule has 0 spiro atoms. The molecule has 0 N–H and O–H groups in total. The first kappa shape index (κ1) is 27.9. The van der Waals surface area contributed by atoms with E-state index < -0.39 is 17.0 Å². The van der Waals surface area contributed by atoms with E-state index in [-0.39, 0.29) is 43.2 Å². The zero-order chi connectivity index (χ0) is 29.0. The van der Waals surface area contributed by atoms with Crippen molar-refractivity contribution in [2.75, 3.05) is 13.7 Å². The molecule has 1 aliphatic carbocycles. The smallest absolute Gasteiger partial charge is 0.166 e. The van der Waals surface area contributed by atoms with Gasteiger partial charge in [0.1, 0.15) is 17.9 Å². The molecule has 4 aromatic rings. The Morgan fingerprint density at radius 1 is 0.878 bits per heavy atom. The normalized spacial score (nSPS) is 13.4. The number of halogens is 2. The minimum atomic E-state index is -1.06. The maximum absolute atomic E-state index is 15.1. The van der Waals surface area contributed by atoms with Crippen LogP contribution in [0.25, 0.3) is 10.9 Å². The molecule has 1 heterocycles. The molecule has 3 aromatic carbocycles. The highest BCUT2D eigenvalue weighted by atomic mass is 19.1. The van der Waals surface area contributed by atoms with Gasteiger partial charge in [-0.3, -0.25) is 14.6 Å². The first-order valence-corrected chi connectivity index (χ1v) is 13.1. The summed E-state index contributed by atoms with van der Waals surface area (Å²) >= 11 is 0. The lowest BCUT2D eigenvalue weighted by Gasteiger charge is -2.15. The van der Waals surface area contributed by atoms with Gasteiger partial charge in [-0.25, -0.2) is 8.78 Å². The summed E-state index contributed by atoms with van der Waals surface area (Å²) in [6.45, 7) is 0.186. The molecule has 7 nitrogen and oxygen atoms in total. The third kappa shape index (κ3) is 6.09. The second kappa shape index (κ2) is 11.8. The molecule has 0 radical (unpaired) electrons. The summed E-state index contributed by atoms with van der Waals surface area (Å²) < 4.78 is 45.2. The Kier molecular flexibility index (Phi) is 8.05. The number of aldehydes is 1. The highest BCUT2D eigenvalue weighted by Gasteiger charge is 2.54. The summed E-state index contributed by atoms with van der Waals surface area (Å²) in [5.74, 6) is -0.414. The predicted molar refractivity (Wildman–Crippen MR) is 146 cm³/mol. The van der Waals surface area contributed by atoms with Crippen LogP contribution in [0.15, 0.2) is 66.9 Å². The molecule has 0 aliphatic heterocycles. The Balaban J connectivity index is 1.30. The van der Waals surface area contributed by atoms with Crippen LogP contribution < -0.4 is 14.2 Å². The van der Waals surface area contributed by atoms with Gasteiger partial charge >= 0.3 is 0 Å². The van der Waals surface area contributed by atoms with Crippen molar-refractivity contribution in [1.29, 1.82) is 0 Å². The molecule has 0 bridgehead atoms. The topological polar surface area (TPSA) is 91.8 Å². The van der Waals surface area contributed by atoms with Crippen molar-refractivity contribution in [1.82, 2.24) is 4.98 Å². The number of hydrogen-bond acceptors (Lipinski definition) is 7. The number of ether oxygens (including phenoxy) is 3. The highest BCUT2D eigenvalue weighted by molar-refractivity contribution is 6.11. The number of ketones is 2. The minimum absolute atomic E-state index is 0.0458. The van der Waals surface area contributed by atoms with Crippen molar-refractivity contribution in [3.63, 3.8) is 0 Å². The number of methoxy groups -OCH3 is 1. The molecule has 1 aromatic heterocycles. The van der Waals surface area contributed by atoms with Gasteiger partial charge in [0.15, 0.2) is 34.6 Å². The van der Waals surface area contributed by atoms with Crippen LogP contribution in [-0.4, -0.2) is 36.6 Å². The van der Waals surface area contributed by atoms with Crippen LogP contribution in [0.4, 0.5) is 8.78 Å². The van der Waals surface area contributed by atoms with Gasteiger partial charge in [0.05, 0.1) is 24.6 Å². The van der Waals surface area contributed by atoms with Gasteiger partial charge in [-0.15, -0.1) is 0 Å². The molecule has 210 valence electrons. The fourth-order valence-corrected chi connectivity index (χ4v) is 4.71. The van der Waals surface area contributed by atoms with Crippen molar-refractivity contribution in [3.8, 4) is 23.0 Å². The number of benzene rings is 3. The standard InChI is InChI=1S/C32H27F2NO6/c1-39-28-18-23-25(19-29(28)40-14-2-13-36)35-12-9-26(23)41-27-8-5-21(15-24(27)34)17-31(38)32(10-11-32)30(37)16-20-3-6-22(33)7-4-20/h3-9,12-13,15,18-19H,2,10-11,14,16-17H2,1H3. The quantitative estimate of drug-likeness (QED) is 0.113. The number of carbonyl (C=O) groups is 3. The van der Waals surface area contributed by atoms with Crippen molar-refractivity contribution >= 4 is 28.8 Å². The van der Waals surface area contributed by atoms with Crippen LogP contribution in [0.5, 0.6) is 23.0 Å². The third-order valence-corrected chi connectivity index (χ3v) is 7.16. The van der Waals surface area contributed by atoms with Gasteiger partial charge < -0.3 is 19.0 Å². The Labute approximate surface area is 235 Å². The number of pyridine rings is 1. The van der Waals surface area contributed by atoms with Crippen molar-refractivity contribution in [2.24, 2.45) is 5.41 Å². The lowest BCUT2D eigenvalue weighted by atomic mass is 9.88. The number of carbonyl (C=O) groups excluding carboxylic acids is 3. The van der Waals surface area contributed by atoms with Gasteiger partial charge in [-0.05, 0) is 60.4 Å². The fraction of sp³-hybridized carbons (Fsp3) is 0.250. The fourth-order valence-electron chi connectivity index (χ4n) is 4.71. The minimum Gasteiger partial charge on any atom is -0.493 e. The van der Waals surface area contributed by atoms with Crippen LogP contribution in [0.3, 0.4) is 0 Å². The van der Waals surface area contributed by atoms with E-state index in [9.17, 15) is 18.8 Å². The number of aromatic nitrogens is 1. The van der Waals surface area contributed by atoms with Gasteiger partial charge in [0.25, 0.3) is 0 Å². The molecule has 5 rings (SSSR count). The monoisotopic (exact) mass is 559 g/mol. The maximum Gasteiger partial charge on any atom is 0.166 e. The molecule has 0 unspecified atom stereocenters. The maximum atomic E-state index is 15.1. The van der Waals surface area contributed by atoms with E-state index in [2.05, 4.69) is 4.98 Å². The third-order valence-electron chi connectivity index (χ3n) is 7.16. The molecule has 41 heavy (non-hydrogen) atoms. The summed E-state index contributed by atoms with van der Waals surface area (Å²) in [6.07, 6.45) is 3.37. The van der Waals surface area contributed by atoms with Crippen molar-refractivity contribution < 1.29 is 37.4 Å². The van der Waals surface area contributed by atoms with Gasteiger partial charge in [-0.2, -0.15) is 0 Å². The number of Topliss-reactive ketones (excluding diaryl/α,β-unsaturated/α-hetero) is 2. The van der Waals surface area contributed by atoms with E-state index in [1.807, 2.05) is 0 Å². The summed E-state index contributed by atoms with van der Waals surface area (Å²) in [7, 11) is 1.48. The van der Waals surface area contributed by atoms with Crippen LogP contribution >= 0.6 is 0 Å². The Bertz CT molecular complexity index is 1620. The summed E-state index contributed by atoms with van der Waals surface area (Å²) in [4.78, 5) is 41.0. The summed E-state index contributed by atoms with van der Waals surface area (Å²) in [6, 6.07) is 14.8. The number of hydrogen-bond donors (Lipinski definition) is 0.